The molecule has 0 aliphatic heterocycles. The molecule has 0 saturated heterocycles. The van der Waals surface area contributed by atoms with Gasteiger partial charge in [0.1, 0.15) is 0 Å². The molecule has 0 spiro atoms. The topological polar surface area (TPSA) is 103 Å². The molecule has 7 nitrogen and oxygen atoms in total. The van der Waals surface area contributed by atoms with Crippen LogP contribution >= 0.6 is 12.4 Å². The monoisotopic (exact) mass is 401 g/mol. The number of halogens is 1. The van der Waals surface area contributed by atoms with Crippen molar-refractivity contribution < 1.29 is 19.1 Å². The molecule has 8 heteroatoms. The number of methoxy groups -OCH3 is 1. The number of rotatable bonds is 10. The van der Waals surface area contributed by atoms with Crippen molar-refractivity contribution in [3.05, 3.63) is 23.8 Å². The van der Waals surface area contributed by atoms with Crippen molar-refractivity contribution in [2.24, 2.45) is 11.7 Å². The van der Waals surface area contributed by atoms with Crippen LogP contribution in [-0.4, -0.2) is 38.1 Å². The van der Waals surface area contributed by atoms with Crippen molar-refractivity contribution in [2.45, 2.75) is 46.2 Å². The zero-order valence-electron chi connectivity index (χ0n) is 16.7. The standard InChI is InChI=1S/C19H31N3O4.ClH/c1-6-9-26-15-8-7-14(10-16(15)25-5)13(4)22-17(23)11-21-19(24)18(20)12(2)3;/h7-8,10,12-13,18H,6,9,11,20H2,1-5H3,(H,21,24)(H,22,23);1H/t13?,18-;/m0./s1. The Morgan fingerprint density at radius 3 is 2.41 bits per heavy atom. The van der Waals surface area contributed by atoms with E-state index in [1.165, 1.54) is 0 Å². The van der Waals surface area contributed by atoms with Gasteiger partial charge in [-0.15, -0.1) is 12.4 Å². The number of hydrogen-bond donors (Lipinski definition) is 3. The third-order valence-electron chi connectivity index (χ3n) is 3.97. The van der Waals surface area contributed by atoms with Gasteiger partial charge in [-0.05, 0) is 37.0 Å². The van der Waals surface area contributed by atoms with E-state index in [2.05, 4.69) is 10.6 Å². The molecule has 0 radical (unpaired) electrons. The van der Waals surface area contributed by atoms with Gasteiger partial charge in [0.15, 0.2) is 11.5 Å². The minimum absolute atomic E-state index is 0. The highest BCUT2D eigenvalue weighted by molar-refractivity contribution is 5.87. The molecule has 0 aliphatic rings. The maximum absolute atomic E-state index is 12.1. The summed E-state index contributed by atoms with van der Waals surface area (Å²) in [7, 11) is 1.58. The Bertz CT molecular complexity index is 611. The summed E-state index contributed by atoms with van der Waals surface area (Å²) in [5, 5.41) is 5.40. The summed E-state index contributed by atoms with van der Waals surface area (Å²) >= 11 is 0. The van der Waals surface area contributed by atoms with E-state index in [9.17, 15) is 9.59 Å². The molecule has 0 aromatic heterocycles. The Hall–Kier alpha value is -1.99. The van der Waals surface area contributed by atoms with Crippen molar-refractivity contribution >= 4 is 24.2 Å². The third-order valence-corrected chi connectivity index (χ3v) is 3.97. The van der Waals surface area contributed by atoms with Gasteiger partial charge in [-0.1, -0.05) is 26.8 Å². The number of carbonyl (C=O) groups excluding carboxylic acids is 2. The van der Waals surface area contributed by atoms with Gasteiger partial charge in [-0.3, -0.25) is 9.59 Å². The Kier molecular flexibility index (Phi) is 11.5. The first kappa shape index (κ1) is 25.0. The van der Waals surface area contributed by atoms with E-state index in [0.29, 0.717) is 18.1 Å². The predicted octanol–water partition coefficient (Wildman–Crippen LogP) is 2.18. The number of benzene rings is 1. The Labute approximate surface area is 167 Å². The molecule has 27 heavy (non-hydrogen) atoms. The molecule has 154 valence electrons. The fraction of sp³-hybridized carbons (Fsp3) is 0.579. The maximum Gasteiger partial charge on any atom is 0.239 e. The van der Waals surface area contributed by atoms with E-state index < -0.39 is 6.04 Å². The molecule has 2 atom stereocenters. The van der Waals surface area contributed by atoms with Crippen molar-refractivity contribution in [3.8, 4) is 11.5 Å². The van der Waals surface area contributed by atoms with Crippen LogP contribution in [0.15, 0.2) is 18.2 Å². The predicted molar refractivity (Wildman–Crippen MR) is 108 cm³/mol. The van der Waals surface area contributed by atoms with Crippen molar-refractivity contribution in [3.63, 3.8) is 0 Å². The van der Waals surface area contributed by atoms with Crippen LogP contribution in [0.3, 0.4) is 0 Å². The average Bonchev–Trinajstić information content (AvgIpc) is 2.63. The fourth-order valence-corrected chi connectivity index (χ4v) is 2.25. The number of hydrogen-bond acceptors (Lipinski definition) is 5. The Balaban J connectivity index is 0.00000676. The second-order valence-electron chi connectivity index (χ2n) is 6.54. The first-order valence-electron chi connectivity index (χ1n) is 8.93. The van der Waals surface area contributed by atoms with Crippen LogP contribution < -0.4 is 25.8 Å². The molecule has 1 aromatic carbocycles. The first-order valence-corrected chi connectivity index (χ1v) is 8.93. The van der Waals surface area contributed by atoms with Gasteiger partial charge < -0.3 is 25.8 Å². The largest absolute Gasteiger partial charge is 0.493 e. The normalized spacial score (nSPS) is 12.6. The molecule has 0 heterocycles. The zero-order chi connectivity index (χ0) is 19.7. The highest BCUT2D eigenvalue weighted by Gasteiger charge is 2.18. The van der Waals surface area contributed by atoms with Crippen molar-refractivity contribution in [2.75, 3.05) is 20.3 Å². The van der Waals surface area contributed by atoms with Crippen LogP contribution in [0.2, 0.25) is 0 Å². The van der Waals surface area contributed by atoms with E-state index in [1.54, 1.807) is 7.11 Å². The summed E-state index contributed by atoms with van der Waals surface area (Å²) in [6, 6.07) is 4.68. The molecule has 2 amide bonds. The molecular weight excluding hydrogens is 370 g/mol. The number of ether oxygens (including phenoxy) is 2. The van der Waals surface area contributed by atoms with Gasteiger partial charge in [-0.25, -0.2) is 0 Å². The SMILES string of the molecule is CCCOc1ccc(C(C)NC(=O)CNC(=O)[C@@H](N)C(C)C)cc1OC.Cl. The molecule has 0 aliphatic carbocycles. The van der Waals surface area contributed by atoms with Crippen molar-refractivity contribution in [1.29, 1.82) is 0 Å². The quantitative estimate of drug-likeness (QED) is 0.557. The summed E-state index contributed by atoms with van der Waals surface area (Å²) in [6.07, 6.45) is 0.906. The van der Waals surface area contributed by atoms with Gasteiger partial charge >= 0.3 is 0 Å². The summed E-state index contributed by atoms with van der Waals surface area (Å²) in [6.45, 7) is 8.10. The van der Waals surface area contributed by atoms with Crippen LogP contribution in [0.25, 0.3) is 0 Å². The summed E-state index contributed by atoms with van der Waals surface area (Å²) < 4.78 is 11.0. The van der Waals surface area contributed by atoms with E-state index in [-0.39, 0.29) is 42.7 Å². The molecule has 1 unspecified atom stereocenters. The van der Waals surface area contributed by atoms with Gasteiger partial charge in [0.2, 0.25) is 11.8 Å². The lowest BCUT2D eigenvalue weighted by Crippen LogP contribution is -2.47. The van der Waals surface area contributed by atoms with Crippen LogP contribution in [-0.2, 0) is 9.59 Å². The molecule has 1 rings (SSSR count). The lowest BCUT2D eigenvalue weighted by molar-refractivity contribution is -0.127. The van der Waals surface area contributed by atoms with Gasteiger partial charge in [0.05, 0.1) is 32.3 Å². The van der Waals surface area contributed by atoms with E-state index in [0.717, 1.165) is 12.0 Å². The average molecular weight is 402 g/mol. The van der Waals surface area contributed by atoms with E-state index >= 15 is 0 Å². The smallest absolute Gasteiger partial charge is 0.239 e. The Morgan fingerprint density at radius 2 is 1.85 bits per heavy atom. The molecular formula is C19H32ClN3O4. The van der Waals surface area contributed by atoms with Crippen LogP contribution in [0, 0.1) is 5.92 Å². The molecule has 0 fully saturated rings. The minimum Gasteiger partial charge on any atom is -0.493 e. The third kappa shape index (κ3) is 8.05. The van der Waals surface area contributed by atoms with Gasteiger partial charge in [0.25, 0.3) is 0 Å². The summed E-state index contributed by atoms with van der Waals surface area (Å²) in [5.41, 5.74) is 6.63. The molecule has 0 bridgehead atoms. The van der Waals surface area contributed by atoms with E-state index in [1.807, 2.05) is 45.9 Å². The van der Waals surface area contributed by atoms with E-state index in [4.69, 9.17) is 15.2 Å². The second-order valence-corrected chi connectivity index (χ2v) is 6.54. The van der Waals surface area contributed by atoms with Crippen molar-refractivity contribution in [1.82, 2.24) is 10.6 Å². The minimum atomic E-state index is -0.625. The van der Waals surface area contributed by atoms with Crippen LogP contribution in [0.5, 0.6) is 11.5 Å². The lowest BCUT2D eigenvalue weighted by Gasteiger charge is -2.18. The molecule has 4 N–H and O–H groups in total. The zero-order valence-corrected chi connectivity index (χ0v) is 17.5. The second kappa shape index (κ2) is 12.4. The van der Waals surface area contributed by atoms with Crippen LogP contribution in [0.4, 0.5) is 0 Å². The van der Waals surface area contributed by atoms with Gasteiger partial charge in [0, 0.05) is 0 Å². The molecule has 1 aromatic rings. The number of nitrogens with one attached hydrogen (secondary N) is 2. The molecule has 0 saturated carbocycles. The van der Waals surface area contributed by atoms with Gasteiger partial charge in [-0.2, -0.15) is 0 Å². The number of nitrogens with two attached hydrogens (primary N) is 1. The summed E-state index contributed by atoms with van der Waals surface area (Å²) in [5.74, 6) is 0.687. The first-order chi connectivity index (χ1) is 12.3. The number of carbonyl (C=O) groups is 2. The van der Waals surface area contributed by atoms with Crippen LogP contribution in [0.1, 0.15) is 45.7 Å². The highest BCUT2D eigenvalue weighted by atomic mass is 35.5. The Morgan fingerprint density at radius 1 is 1.19 bits per heavy atom. The highest BCUT2D eigenvalue weighted by Crippen LogP contribution is 2.30. The fourth-order valence-electron chi connectivity index (χ4n) is 2.25. The lowest BCUT2D eigenvalue weighted by atomic mass is 10.1. The maximum atomic E-state index is 12.1. The number of amides is 2. The summed E-state index contributed by atoms with van der Waals surface area (Å²) in [4.78, 5) is 23.9.